The highest BCUT2D eigenvalue weighted by molar-refractivity contribution is 7.89. The Morgan fingerprint density at radius 3 is 2.26 bits per heavy atom. The second kappa shape index (κ2) is 9.76. The molecule has 0 atom stereocenters. The third-order valence-corrected chi connectivity index (χ3v) is 6.76. The largest absolute Gasteiger partial charge is 0.484 e. The van der Waals surface area contributed by atoms with E-state index in [0.29, 0.717) is 11.4 Å². The van der Waals surface area contributed by atoms with E-state index < -0.39 is 10.0 Å². The first-order valence-corrected chi connectivity index (χ1v) is 11.3. The van der Waals surface area contributed by atoms with Gasteiger partial charge in [-0.1, -0.05) is 36.4 Å². The Morgan fingerprint density at radius 1 is 0.935 bits per heavy atom. The molecule has 3 rings (SSSR count). The number of amides is 1. The van der Waals surface area contributed by atoms with E-state index in [-0.39, 0.29) is 24.0 Å². The maximum Gasteiger partial charge on any atom is 0.262 e. The number of sulfonamides is 1. The lowest BCUT2D eigenvalue weighted by Gasteiger charge is -2.17. The molecule has 0 heterocycles. The van der Waals surface area contributed by atoms with E-state index in [4.69, 9.17) is 4.74 Å². The smallest absolute Gasteiger partial charge is 0.262 e. The topological polar surface area (TPSA) is 75.7 Å². The molecular weight excluding hydrogens is 412 g/mol. The monoisotopic (exact) mass is 438 g/mol. The Balaban J connectivity index is 1.57. The fourth-order valence-corrected chi connectivity index (χ4v) is 4.14. The molecule has 0 radical (unpaired) electrons. The maximum absolute atomic E-state index is 12.8. The molecule has 0 spiro atoms. The molecule has 1 N–H and O–H groups in total. The second-order valence-electron chi connectivity index (χ2n) is 7.35. The Labute approximate surface area is 183 Å². The van der Waals surface area contributed by atoms with E-state index in [1.807, 2.05) is 62.4 Å². The van der Waals surface area contributed by atoms with Gasteiger partial charge in [0, 0.05) is 19.3 Å². The minimum atomic E-state index is -3.64. The molecular formula is C24H26N2O4S. The summed E-state index contributed by atoms with van der Waals surface area (Å²) in [5.41, 5.74) is 3.86. The molecule has 3 aromatic rings. The minimum Gasteiger partial charge on any atom is -0.484 e. The number of nitrogens with zero attached hydrogens (tertiary/aromatic N) is 1. The summed E-state index contributed by atoms with van der Waals surface area (Å²) in [6.45, 7) is 4.09. The minimum absolute atomic E-state index is 0.165. The molecule has 1 amide bonds. The van der Waals surface area contributed by atoms with Gasteiger partial charge in [-0.3, -0.25) is 4.79 Å². The van der Waals surface area contributed by atoms with Gasteiger partial charge in [-0.2, -0.15) is 4.31 Å². The van der Waals surface area contributed by atoms with Crippen molar-refractivity contribution in [2.45, 2.75) is 25.3 Å². The van der Waals surface area contributed by atoms with Crippen LogP contribution in [0.5, 0.6) is 5.75 Å². The fraction of sp³-hybridized carbons (Fsp3) is 0.208. The molecule has 0 aromatic heterocycles. The number of hydrogen-bond acceptors (Lipinski definition) is 4. The predicted octanol–water partition coefficient (Wildman–Crippen LogP) is 4.14. The number of anilines is 1. The maximum atomic E-state index is 12.8. The Kier molecular flexibility index (Phi) is 7.09. The second-order valence-corrected chi connectivity index (χ2v) is 9.40. The van der Waals surface area contributed by atoms with Gasteiger partial charge in [0.25, 0.3) is 5.91 Å². The zero-order valence-corrected chi connectivity index (χ0v) is 18.6. The number of carbonyl (C=O) groups excluding carboxylic acids is 1. The molecule has 0 saturated carbocycles. The van der Waals surface area contributed by atoms with Gasteiger partial charge in [-0.15, -0.1) is 0 Å². The van der Waals surface area contributed by atoms with E-state index in [1.54, 1.807) is 19.2 Å². The van der Waals surface area contributed by atoms with Gasteiger partial charge in [-0.05, 0) is 66.9 Å². The van der Waals surface area contributed by atoms with E-state index in [0.717, 1.165) is 16.7 Å². The van der Waals surface area contributed by atoms with Crippen molar-refractivity contribution in [3.05, 3.63) is 89.5 Å². The van der Waals surface area contributed by atoms with Gasteiger partial charge in [0.15, 0.2) is 6.61 Å². The standard InChI is InChI=1S/C24H26N2O4S/c1-18-9-10-21(15-19(18)2)25-24(27)17-30-22-11-13-23(14-12-22)31(28,29)26(3)16-20-7-5-4-6-8-20/h4-15H,16-17H2,1-3H3,(H,25,27). The zero-order valence-electron chi connectivity index (χ0n) is 17.8. The van der Waals surface area contributed by atoms with Crippen LogP contribution >= 0.6 is 0 Å². The predicted molar refractivity (Wildman–Crippen MR) is 122 cm³/mol. The van der Waals surface area contributed by atoms with Crippen molar-refractivity contribution in [1.82, 2.24) is 4.31 Å². The molecule has 0 aliphatic heterocycles. The summed E-state index contributed by atoms with van der Waals surface area (Å²) in [6, 6.07) is 21.1. The van der Waals surface area contributed by atoms with Crippen LogP contribution in [0.4, 0.5) is 5.69 Å². The summed E-state index contributed by atoms with van der Waals surface area (Å²) < 4.78 is 32.4. The van der Waals surface area contributed by atoms with Crippen LogP contribution < -0.4 is 10.1 Å². The summed E-state index contributed by atoms with van der Waals surface area (Å²) in [5, 5.41) is 2.79. The first-order chi connectivity index (χ1) is 14.8. The molecule has 162 valence electrons. The van der Waals surface area contributed by atoms with Gasteiger partial charge in [0.05, 0.1) is 4.90 Å². The number of nitrogens with one attached hydrogen (secondary N) is 1. The number of carbonyl (C=O) groups is 1. The van der Waals surface area contributed by atoms with Crippen molar-refractivity contribution < 1.29 is 17.9 Å². The first kappa shape index (κ1) is 22.5. The number of hydrogen-bond donors (Lipinski definition) is 1. The Morgan fingerprint density at radius 2 is 1.61 bits per heavy atom. The van der Waals surface area contributed by atoms with Crippen LogP contribution in [0.3, 0.4) is 0 Å². The Hall–Kier alpha value is -3.16. The van der Waals surface area contributed by atoms with E-state index in [2.05, 4.69) is 5.32 Å². The SMILES string of the molecule is Cc1ccc(NC(=O)COc2ccc(S(=O)(=O)N(C)Cc3ccccc3)cc2)cc1C. The van der Waals surface area contributed by atoms with Crippen molar-refractivity contribution in [2.24, 2.45) is 0 Å². The summed E-state index contributed by atoms with van der Waals surface area (Å²) in [7, 11) is -2.09. The molecule has 0 fully saturated rings. The van der Waals surface area contributed by atoms with Crippen molar-refractivity contribution in [3.63, 3.8) is 0 Å². The Bertz CT molecular complexity index is 1140. The lowest BCUT2D eigenvalue weighted by atomic mass is 10.1. The summed E-state index contributed by atoms with van der Waals surface area (Å²) in [6.07, 6.45) is 0. The first-order valence-electron chi connectivity index (χ1n) is 9.86. The molecule has 3 aromatic carbocycles. The van der Waals surface area contributed by atoms with Crippen LogP contribution in [-0.4, -0.2) is 32.3 Å². The van der Waals surface area contributed by atoms with Crippen molar-refractivity contribution in [1.29, 1.82) is 0 Å². The van der Waals surface area contributed by atoms with Gasteiger partial charge < -0.3 is 10.1 Å². The fourth-order valence-electron chi connectivity index (χ4n) is 2.98. The van der Waals surface area contributed by atoms with Crippen LogP contribution in [0.25, 0.3) is 0 Å². The van der Waals surface area contributed by atoms with E-state index in [9.17, 15) is 13.2 Å². The molecule has 6 nitrogen and oxygen atoms in total. The number of rotatable bonds is 8. The molecule has 0 saturated heterocycles. The molecule has 0 bridgehead atoms. The number of aryl methyl sites for hydroxylation is 2. The van der Waals surface area contributed by atoms with Crippen LogP contribution in [0.15, 0.2) is 77.7 Å². The third kappa shape index (κ3) is 5.93. The number of benzene rings is 3. The van der Waals surface area contributed by atoms with Gasteiger partial charge in [-0.25, -0.2) is 8.42 Å². The van der Waals surface area contributed by atoms with Crippen molar-refractivity contribution in [2.75, 3.05) is 19.0 Å². The van der Waals surface area contributed by atoms with Crippen molar-refractivity contribution in [3.8, 4) is 5.75 Å². The van der Waals surface area contributed by atoms with Gasteiger partial charge in [0.1, 0.15) is 5.75 Å². The summed E-state index contributed by atoms with van der Waals surface area (Å²) >= 11 is 0. The highest BCUT2D eigenvalue weighted by Crippen LogP contribution is 2.20. The summed E-state index contributed by atoms with van der Waals surface area (Å²) in [5.74, 6) is 0.127. The molecule has 31 heavy (non-hydrogen) atoms. The van der Waals surface area contributed by atoms with E-state index in [1.165, 1.54) is 16.4 Å². The molecule has 0 aliphatic rings. The van der Waals surface area contributed by atoms with Crippen LogP contribution in [0.2, 0.25) is 0 Å². The summed E-state index contributed by atoms with van der Waals surface area (Å²) in [4.78, 5) is 12.3. The molecule has 0 aliphatic carbocycles. The van der Waals surface area contributed by atoms with Crippen LogP contribution in [-0.2, 0) is 21.4 Å². The lowest BCUT2D eigenvalue weighted by molar-refractivity contribution is -0.118. The van der Waals surface area contributed by atoms with Crippen LogP contribution in [0.1, 0.15) is 16.7 Å². The van der Waals surface area contributed by atoms with Crippen molar-refractivity contribution >= 4 is 21.6 Å². The van der Waals surface area contributed by atoms with Crippen LogP contribution in [0, 0.1) is 13.8 Å². The lowest BCUT2D eigenvalue weighted by Crippen LogP contribution is -2.26. The zero-order chi connectivity index (χ0) is 22.4. The van der Waals surface area contributed by atoms with E-state index >= 15 is 0 Å². The highest BCUT2D eigenvalue weighted by atomic mass is 32.2. The molecule has 0 unspecified atom stereocenters. The van der Waals surface area contributed by atoms with Gasteiger partial charge >= 0.3 is 0 Å². The normalized spacial score (nSPS) is 11.4. The highest BCUT2D eigenvalue weighted by Gasteiger charge is 2.21. The van der Waals surface area contributed by atoms with Gasteiger partial charge in [0.2, 0.25) is 10.0 Å². The average Bonchev–Trinajstić information content (AvgIpc) is 2.76. The molecule has 7 heteroatoms. The third-order valence-electron chi connectivity index (χ3n) is 4.94. The number of ether oxygens (including phenoxy) is 1. The average molecular weight is 439 g/mol. The quantitative estimate of drug-likeness (QED) is 0.574.